The minimum absolute atomic E-state index is 0.0590. The quantitative estimate of drug-likeness (QED) is 0.739. The highest BCUT2D eigenvalue weighted by atomic mass is 32.2. The Morgan fingerprint density at radius 3 is 2.35 bits per heavy atom. The van der Waals surface area contributed by atoms with E-state index in [1.807, 2.05) is 43.3 Å². The van der Waals surface area contributed by atoms with Crippen LogP contribution in [0.4, 0.5) is 0 Å². The maximum atomic E-state index is 12.5. The Balaban J connectivity index is 2.19. The lowest BCUT2D eigenvalue weighted by molar-refractivity contribution is 0.0696. The van der Waals surface area contributed by atoms with Gasteiger partial charge in [0.25, 0.3) is 0 Å². The van der Waals surface area contributed by atoms with E-state index in [2.05, 4.69) is 11.6 Å². The van der Waals surface area contributed by atoms with Crippen LogP contribution in [0.3, 0.4) is 0 Å². The van der Waals surface area contributed by atoms with E-state index in [1.165, 1.54) is 23.8 Å². The zero-order chi connectivity index (χ0) is 19.3. The first-order valence-electron chi connectivity index (χ1n) is 8.33. The highest BCUT2D eigenvalue weighted by Crippen LogP contribution is 2.20. The van der Waals surface area contributed by atoms with Crippen LogP contribution in [-0.2, 0) is 16.4 Å². The molecule has 0 bridgehead atoms. The van der Waals surface area contributed by atoms with E-state index in [1.54, 1.807) is 0 Å². The lowest BCUT2D eigenvalue weighted by atomic mass is 10.0. The molecule has 0 aromatic heterocycles. The molecule has 0 aliphatic rings. The van der Waals surface area contributed by atoms with Crippen molar-refractivity contribution in [1.29, 1.82) is 0 Å². The van der Waals surface area contributed by atoms with Gasteiger partial charge >= 0.3 is 5.97 Å². The van der Waals surface area contributed by atoms with E-state index < -0.39 is 16.0 Å². The summed E-state index contributed by atoms with van der Waals surface area (Å²) in [4.78, 5) is 12.9. The van der Waals surface area contributed by atoms with Gasteiger partial charge in [0.15, 0.2) is 0 Å². The summed E-state index contributed by atoms with van der Waals surface area (Å²) in [5, 5.41) is 9.04. The van der Waals surface area contributed by atoms with Crippen LogP contribution in [0.1, 0.15) is 34.5 Å². The molecule has 0 aliphatic heterocycles. The second-order valence-electron chi connectivity index (χ2n) is 6.26. The monoisotopic (exact) mass is 376 g/mol. The molecule has 0 saturated heterocycles. The summed E-state index contributed by atoms with van der Waals surface area (Å²) >= 11 is 0. The van der Waals surface area contributed by atoms with E-state index in [4.69, 9.17) is 5.11 Å². The van der Waals surface area contributed by atoms with Crippen LogP contribution in [-0.4, -0.2) is 45.0 Å². The summed E-state index contributed by atoms with van der Waals surface area (Å²) < 4.78 is 27.7. The number of carbonyl (C=O) groups is 1. The van der Waals surface area contributed by atoms with E-state index in [9.17, 15) is 13.2 Å². The van der Waals surface area contributed by atoms with E-state index in [0.29, 0.717) is 0 Å². The zero-order valence-electron chi connectivity index (χ0n) is 15.1. The van der Waals surface area contributed by atoms with Gasteiger partial charge < -0.3 is 10.0 Å². The molecule has 0 spiro atoms. The number of carboxylic acids is 1. The van der Waals surface area contributed by atoms with Crippen LogP contribution in [0.5, 0.6) is 0 Å². The molecule has 140 valence electrons. The third-order valence-electron chi connectivity index (χ3n) is 4.25. The highest BCUT2D eigenvalue weighted by Gasteiger charge is 2.20. The van der Waals surface area contributed by atoms with Crippen molar-refractivity contribution in [2.75, 3.05) is 20.6 Å². The standard InChI is InChI=1S/C19H24N2O4S/c1-4-14-8-10-15(11-9-14)18(21(2)3)13-20-26(24,25)17-7-5-6-16(12-17)19(22)23/h5-12,18,20H,4,13H2,1-3H3,(H,22,23)/t18-/m1/s1. The molecule has 0 unspecified atom stereocenters. The number of rotatable bonds is 8. The average molecular weight is 376 g/mol. The van der Waals surface area contributed by atoms with Gasteiger partial charge in [-0.05, 0) is 49.8 Å². The second-order valence-corrected chi connectivity index (χ2v) is 8.03. The summed E-state index contributed by atoms with van der Waals surface area (Å²) in [6.45, 7) is 2.26. The number of hydrogen-bond acceptors (Lipinski definition) is 4. The number of aryl methyl sites for hydroxylation is 1. The van der Waals surface area contributed by atoms with Gasteiger partial charge in [-0.25, -0.2) is 17.9 Å². The Morgan fingerprint density at radius 1 is 1.15 bits per heavy atom. The predicted molar refractivity (Wildman–Crippen MR) is 101 cm³/mol. The van der Waals surface area contributed by atoms with Gasteiger partial charge in [0, 0.05) is 12.6 Å². The van der Waals surface area contributed by atoms with Crippen LogP contribution in [0.25, 0.3) is 0 Å². The number of carboxylic acid groups (broad SMARTS) is 1. The van der Waals surface area contributed by atoms with Crippen molar-refractivity contribution in [3.8, 4) is 0 Å². The first-order chi connectivity index (χ1) is 12.2. The van der Waals surface area contributed by atoms with E-state index >= 15 is 0 Å². The van der Waals surface area contributed by atoms with Gasteiger partial charge in [0.1, 0.15) is 0 Å². The molecule has 0 aliphatic carbocycles. The van der Waals surface area contributed by atoms with Gasteiger partial charge in [-0.15, -0.1) is 0 Å². The first-order valence-corrected chi connectivity index (χ1v) is 9.81. The van der Waals surface area contributed by atoms with Gasteiger partial charge in [-0.3, -0.25) is 0 Å². The molecule has 0 heterocycles. The number of benzene rings is 2. The van der Waals surface area contributed by atoms with Crippen molar-refractivity contribution in [2.24, 2.45) is 0 Å². The smallest absolute Gasteiger partial charge is 0.335 e. The number of hydrogen-bond donors (Lipinski definition) is 2. The zero-order valence-corrected chi connectivity index (χ0v) is 16.0. The van der Waals surface area contributed by atoms with Crippen LogP contribution in [0.2, 0.25) is 0 Å². The van der Waals surface area contributed by atoms with E-state index in [-0.39, 0.29) is 23.0 Å². The lowest BCUT2D eigenvalue weighted by Crippen LogP contribution is -2.34. The molecule has 2 aromatic carbocycles. The molecule has 2 N–H and O–H groups in total. The Bertz CT molecular complexity index is 861. The molecule has 26 heavy (non-hydrogen) atoms. The maximum absolute atomic E-state index is 12.5. The Morgan fingerprint density at radius 2 is 1.81 bits per heavy atom. The van der Waals surface area contributed by atoms with Gasteiger partial charge in [0.2, 0.25) is 10.0 Å². The van der Waals surface area contributed by atoms with Crippen molar-refractivity contribution < 1.29 is 18.3 Å². The van der Waals surface area contributed by atoms with Crippen molar-refractivity contribution in [1.82, 2.24) is 9.62 Å². The summed E-state index contributed by atoms with van der Waals surface area (Å²) in [6.07, 6.45) is 0.944. The fourth-order valence-corrected chi connectivity index (χ4v) is 3.73. The second kappa shape index (κ2) is 8.44. The van der Waals surface area contributed by atoms with Crippen molar-refractivity contribution in [2.45, 2.75) is 24.3 Å². The van der Waals surface area contributed by atoms with Crippen LogP contribution in [0.15, 0.2) is 53.4 Å². The van der Waals surface area contributed by atoms with Crippen molar-refractivity contribution in [3.05, 3.63) is 65.2 Å². The Kier molecular flexibility index (Phi) is 6.52. The molecule has 6 nitrogen and oxygen atoms in total. The van der Waals surface area contributed by atoms with Gasteiger partial charge in [-0.1, -0.05) is 37.3 Å². The van der Waals surface area contributed by atoms with Crippen LogP contribution in [0, 0.1) is 0 Å². The number of sulfonamides is 1. The number of nitrogens with zero attached hydrogens (tertiary/aromatic N) is 1. The number of likely N-dealkylation sites (N-methyl/N-ethyl adjacent to an activating group) is 1. The molecule has 2 aromatic rings. The third-order valence-corrected chi connectivity index (χ3v) is 5.68. The van der Waals surface area contributed by atoms with Gasteiger partial charge in [0.05, 0.1) is 10.5 Å². The minimum Gasteiger partial charge on any atom is -0.478 e. The summed E-state index contributed by atoms with van der Waals surface area (Å²) in [5.41, 5.74) is 2.17. The number of aromatic carboxylic acids is 1. The molecule has 0 fully saturated rings. The minimum atomic E-state index is -3.81. The number of nitrogens with one attached hydrogen (secondary N) is 1. The Hall–Kier alpha value is -2.22. The summed E-state index contributed by atoms with van der Waals surface area (Å²) in [6, 6.07) is 13.3. The van der Waals surface area contributed by atoms with E-state index in [0.717, 1.165) is 18.1 Å². The fraction of sp³-hybridized carbons (Fsp3) is 0.316. The van der Waals surface area contributed by atoms with Crippen LogP contribution >= 0.6 is 0 Å². The molecule has 2 rings (SSSR count). The summed E-state index contributed by atoms with van der Waals surface area (Å²) in [7, 11) is -0.0324. The Labute approximate surface area is 154 Å². The van der Waals surface area contributed by atoms with Crippen molar-refractivity contribution >= 4 is 16.0 Å². The SMILES string of the molecule is CCc1ccc([C@@H](CNS(=O)(=O)c2cccc(C(=O)O)c2)N(C)C)cc1. The molecule has 0 saturated carbocycles. The molecule has 0 amide bonds. The largest absolute Gasteiger partial charge is 0.478 e. The molecule has 1 atom stereocenters. The first kappa shape index (κ1) is 20.1. The third kappa shape index (κ3) is 4.91. The predicted octanol–water partition coefficient (Wildman–Crippen LogP) is 2.53. The maximum Gasteiger partial charge on any atom is 0.335 e. The van der Waals surface area contributed by atoms with Crippen molar-refractivity contribution in [3.63, 3.8) is 0 Å². The topological polar surface area (TPSA) is 86.7 Å². The average Bonchev–Trinajstić information content (AvgIpc) is 2.62. The molecule has 0 radical (unpaired) electrons. The van der Waals surface area contributed by atoms with Gasteiger partial charge in [-0.2, -0.15) is 0 Å². The van der Waals surface area contributed by atoms with Crippen LogP contribution < -0.4 is 4.72 Å². The molecule has 7 heteroatoms. The summed E-state index contributed by atoms with van der Waals surface area (Å²) in [5.74, 6) is -1.16. The normalized spacial score (nSPS) is 12.9. The lowest BCUT2D eigenvalue weighted by Gasteiger charge is -2.25. The fourth-order valence-electron chi connectivity index (χ4n) is 2.64. The molecular formula is C19H24N2O4S. The highest BCUT2D eigenvalue weighted by molar-refractivity contribution is 7.89. The molecular weight excluding hydrogens is 352 g/mol.